The average Bonchev–Trinajstić information content (AvgIpc) is 3.16. The number of anilines is 1. The van der Waals surface area contributed by atoms with Gasteiger partial charge in [0.1, 0.15) is 5.71 Å². The number of nitrogens with one attached hydrogen (secondary N) is 2. The van der Waals surface area contributed by atoms with Crippen molar-refractivity contribution in [2.45, 2.75) is 31.4 Å². The summed E-state index contributed by atoms with van der Waals surface area (Å²) in [6.45, 7) is 1.42. The van der Waals surface area contributed by atoms with E-state index in [1.807, 2.05) is 42.5 Å². The second-order valence-corrected chi connectivity index (χ2v) is 7.35. The summed E-state index contributed by atoms with van der Waals surface area (Å²) >= 11 is 0. The highest BCUT2D eigenvalue weighted by atomic mass is 16.7. The van der Waals surface area contributed by atoms with E-state index in [-0.39, 0.29) is 11.9 Å². The Bertz CT molecular complexity index is 903. The van der Waals surface area contributed by atoms with Gasteiger partial charge in [0.25, 0.3) is 5.91 Å². The van der Waals surface area contributed by atoms with Gasteiger partial charge in [-0.15, -0.1) is 0 Å². The fraction of sp³-hybridized carbons (Fsp3) is 0.333. The number of carbonyl (C=O) groups excluding carboxylic acids is 2. The molecular weight excluding hydrogens is 370 g/mol. The molecule has 0 unspecified atom stereocenters. The maximum atomic E-state index is 12.6. The molecule has 0 radical (unpaired) electrons. The van der Waals surface area contributed by atoms with E-state index in [2.05, 4.69) is 20.8 Å². The van der Waals surface area contributed by atoms with Crippen molar-refractivity contribution in [3.05, 3.63) is 60.4 Å². The summed E-state index contributed by atoms with van der Waals surface area (Å²) in [5.74, 6) is -0.253. The molecule has 3 heterocycles. The minimum Gasteiger partial charge on any atom is -0.386 e. The summed E-state index contributed by atoms with van der Waals surface area (Å²) in [6, 6.07) is 12.9. The Balaban J connectivity index is 1.32. The zero-order valence-electron chi connectivity index (χ0n) is 16.0. The number of piperidine rings is 1. The lowest BCUT2D eigenvalue weighted by molar-refractivity contribution is -0.115. The Labute approximate surface area is 168 Å². The predicted molar refractivity (Wildman–Crippen MR) is 108 cm³/mol. The number of para-hydroxylation sites is 1. The van der Waals surface area contributed by atoms with Crippen LogP contribution < -0.4 is 10.6 Å². The molecule has 0 saturated carbocycles. The Kier molecular flexibility index (Phi) is 5.41. The summed E-state index contributed by atoms with van der Waals surface area (Å²) in [7, 11) is 0. The normalized spacial score (nSPS) is 20.7. The summed E-state index contributed by atoms with van der Waals surface area (Å²) in [5, 5.41) is 9.78. The summed E-state index contributed by atoms with van der Waals surface area (Å²) < 4.78 is 0. The van der Waals surface area contributed by atoms with E-state index in [4.69, 9.17) is 4.84 Å². The molecule has 2 aromatic rings. The van der Waals surface area contributed by atoms with Crippen molar-refractivity contribution in [3.63, 3.8) is 0 Å². The molecule has 0 aliphatic carbocycles. The summed E-state index contributed by atoms with van der Waals surface area (Å²) in [6.07, 6.45) is 5.33. The van der Waals surface area contributed by atoms with Gasteiger partial charge in [0, 0.05) is 37.6 Å². The number of benzene rings is 1. The maximum Gasteiger partial charge on any atom is 0.321 e. The van der Waals surface area contributed by atoms with Crippen LogP contribution in [0.3, 0.4) is 0 Å². The maximum absolute atomic E-state index is 12.6. The van der Waals surface area contributed by atoms with Crippen molar-refractivity contribution in [2.24, 2.45) is 5.16 Å². The van der Waals surface area contributed by atoms with Gasteiger partial charge in [-0.2, -0.15) is 0 Å². The van der Waals surface area contributed by atoms with Crippen LogP contribution in [0.2, 0.25) is 0 Å². The van der Waals surface area contributed by atoms with Crippen LogP contribution in [0.4, 0.5) is 10.5 Å². The predicted octanol–water partition coefficient (Wildman–Crippen LogP) is 2.54. The molecule has 2 aliphatic heterocycles. The second-order valence-electron chi connectivity index (χ2n) is 7.35. The fourth-order valence-corrected chi connectivity index (χ4v) is 3.64. The van der Waals surface area contributed by atoms with E-state index in [1.54, 1.807) is 17.3 Å². The van der Waals surface area contributed by atoms with Crippen molar-refractivity contribution in [2.75, 3.05) is 18.4 Å². The standard InChI is InChI=1S/C21H23N5O3/c27-19(23-14-16-6-4-10-22-13-16)18-12-21(29-25-18)9-5-11-26(15-21)20(28)24-17-7-2-1-3-8-17/h1-4,6-8,10,13H,5,9,11-12,14-15H2,(H,23,27)(H,24,28)/t21-/m1/s1. The van der Waals surface area contributed by atoms with Crippen molar-refractivity contribution < 1.29 is 14.4 Å². The number of aromatic nitrogens is 1. The van der Waals surface area contributed by atoms with Gasteiger partial charge in [0.2, 0.25) is 0 Å². The fourth-order valence-electron chi connectivity index (χ4n) is 3.64. The van der Waals surface area contributed by atoms with Gasteiger partial charge in [-0.3, -0.25) is 9.78 Å². The van der Waals surface area contributed by atoms with E-state index in [0.717, 1.165) is 24.1 Å². The average molecular weight is 393 g/mol. The number of nitrogens with zero attached hydrogens (tertiary/aromatic N) is 3. The molecule has 2 N–H and O–H groups in total. The van der Waals surface area contributed by atoms with Crippen LogP contribution in [0.1, 0.15) is 24.8 Å². The molecule has 1 spiro atoms. The highest BCUT2D eigenvalue weighted by molar-refractivity contribution is 6.39. The number of oxime groups is 1. The molecule has 1 aromatic heterocycles. The SMILES string of the molecule is O=C(NCc1cccnc1)C1=NO[C@]2(CCCN(C(=O)Nc3ccccc3)C2)C1. The minimum absolute atomic E-state index is 0.173. The highest BCUT2D eigenvalue weighted by Crippen LogP contribution is 2.33. The summed E-state index contributed by atoms with van der Waals surface area (Å²) in [4.78, 5) is 36.5. The van der Waals surface area contributed by atoms with Gasteiger partial charge in [-0.1, -0.05) is 29.4 Å². The number of rotatable bonds is 4. The van der Waals surface area contributed by atoms with Gasteiger partial charge in [-0.25, -0.2) is 4.79 Å². The number of hydrogen-bond acceptors (Lipinski definition) is 5. The van der Waals surface area contributed by atoms with Crippen LogP contribution >= 0.6 is 0 Å². The Hall–Kier alpha value is -3.42. The summed E-state index contributed by atoms with van der Waals surface area (Å²) in [5.41, 5.74) is 1.39. The largest absolute Gasteiger partial charge is 0.386 e. The number of pyridine rings is 1. The van der Waals surface area contributed by atoms with Crippen LogP contribution in [0.5, 0.6) is 0 Å². The van der Waals surface area contributed by atoms with E-state index < -0.39 is 5.60 Å². The van der Waals surface area contributed by atoms with Gasteiger partial charge >= 0.3 is 6.03 Å². The molecule has 1 saturated heterocycles. The third kappa shape index (κ3) is 4.53. The van der Waals surface area contributed by atoms with Gasteiger partial charge in [0.15, 0.2) is 5.60 Å². The number of likely N-dealkylation sites (tertiary alicyclic amines) is 1. The van der Waals surface area contributed by atoms with Gasteiger partial charge < -0.3 is 20.4 Å². The van der Waals surface area contributed by atoms with E-state index in [0.29, 0.717) is 31.8 Å². The first-order chi connectivity index (χ1) is 14.1. The van der Waals surface area contributed by atoms with Crippen molar-refractivity contribution in [1.82, 2.24) is 15.2 Å². The second kappa shape index (κ2) is 8.30. The van der Waals surface area contributed by atoms with Crippen molar-refractivity contribution in [1.29, 1.82) is 0 Å². The lowest BCUT2D eigenvalue weighted by Crippen LogP contribution is -2.52. The zero-order valence-corrected chi connectivity index (χ0v) is 16.0. The third-order valence-electron chi connectivity index (χ3n) is 5.13. The van der Waals surface area contributed by atoms with Crippen molar-refractivity contribution in [3.8, 4) is 0 Å². The topological polar surface area (TPSA) is 95.9 Å². The van der Waals surface area contributed by atoms with E-state index in [1.165, 1.54) is 0 Å². The first-order valence-corrected chi connectivity index (χ1v) is 9.67. The minimum atomic E-state index is -0.632. The van der Waals surface area contributed by atoms with E-state index >= 15 is 0 Å². The molecule has 29 heavy (non-hydrogen) atoms. The molecule has 8 nitrogen and oxygen atoms in total. The van der Waals surface area contributed by atoms with Crippen molar-refractivity contribution >= 4 is 23.3 Å². The van der Waals surface area contributed by atoms with E-state index in [9.17, 15) is 9.59 Å². The Morgan fingerprint density at radius 1 is 1.17 bits per heavy atom. The molecule has 1 fully saturated rings. The molecule has 4 rings (SSSR count). The van der Waals surface area contributed by atoms with Crippen LogP contribution in [-0.4, -0.2) is 46.2 Å². The molecule has 150 valence electrons. The van der Waals surface area contributed by atoms with Gasteiger partial charge in [0.05, 0.1) is 6.54 Å². The van der Waals surface area contributed by atoms with Crippen LogP contribution in [0, 0.1) is 0 Å². The van der Waals surface area contributed by atoms with Crippen LogP contribution in [-0.2, 0) is 16.2 Å². The molecule has 1 atom stereocenters. The molecule has 1 aromatic carbocycles. The third-order valence-corrected chi connectivity index (χ3v) is 5.13. The lowest BCUT2D eigenvalue weighted by Gasteiger charge is -2.38. The molecule has 8 heteroatoms. The number of carbonyl (C=O) groups is 2. The molecular formula is C21H23N5O3. The highest BCUT2D eigenvalue weighted by Gasteiger charge is 2.45. The first-order valence-electron chi connectivity index (χ1n) is 9.67. The quantitative estimate of drug-likeness (QED) is 0.834. The monoisotopic (exact) mass is 393 g/mol. The molecule has 2 aliphatic rings. The first kappa shape index (κ1) is 18.9. The number of hydrogen-bond donors (Lipinski definition) is 2. The zero-order chi connectivity index (χ0) is 20.1. The lowest BCUT2D eigenvalue weighted by atomic mass is 9.88. The Morgan fingerprint density at radius 2 is 2.03 bits per heavy atom. The van der Waals surface area contributed by atoms with Gasteiger partial charge in [-0.05, 0) is 36.6 Å². The number of amides is 3. The molecule has 0 bridgehead atoms. The Morgan fingerprint density at radius 3 is 2.83 bits per heavy atom. The van der Waals surface area contributed by atoms with Crippen LogP contribution in [0.15, 0.2) is 60.0 Å². The smallest absolute Gasteiger partial charge is 0.321 e. The van der Waals surface area contributed by atoms with Crippen LogP contribution in [0.25, 0.3) is 0 Å². The number of urea groups is 1. The molecule has 3 amide bonds.